The molecule has 1 aromatic rings. The molecule has 0 aromatic heterocycles. The first-order valence-electron chi connectivity index (χ1n) is 3.51. The normalized spacial score (nSPS) is 9.64. The highest BCUT2D eigenvalue weighted by Crippen LogP contribution is 2.09. The van der Waals surface area contributed by atoms with Crippen LogP contribution in [0.1, 0.15) is 22.8 Å². The molecule has 0 aliphatic heterocycles. The van der Waals surface area contributed by atoms with E-state index in [2.05, 4.69) is 0 Å². The van der Waals surface area contributed by atoms with Crippen LogP contribution in [0.4, 0.5) is 4.39 Å². The molecule has 0 saturated heterocycles. The van der Waals surface area contributed by atoms with Gasteiger partial charge in [0.25, 0.3) is 0 Å². The summed E-state index contributed by atoms with van der Waals surface area (Å²) in [7, 11) is 0. The Balaban J connectivity index is 3.16. The third kappa shape index (κ3) is 1.64. The largest absolute Gasteiger partial charge is 0.298 e. The second-order valence-corrected chi connectivity index (χ2v) is 2.31. The van der Waals surface area contributed by atoms with Crippen molar-refractivity contribution in [3.05, 3.63) is 35.1 Å². The molecule has 0 saturated carbocycles. The van der Waals surface area contributed by atoms with E-state index in [0.717, 1.165) is 12.0 Å². The number of hydrogen-bond acceptors (Lipinski definition) is 1. The fraction of sp³-hybridized carbons (Fsp3) is 0.222. The monoisotopic (exact) mass is 152 g/mol. The van der Waals surface area contributed by atoms with Gasteiger partial charge in [0.1, 0.15) is 12.1 Å². The molecule has 0 fully saturated rings. The predicted octanol–water partition coefficient (Wildman–Crippen LogP) is 2.20. The molecule has 1 aromatic carbocycles. The molecule has 1 nitrogen and oxygen atoms in total. The van der Waals surface area contributed by atoms with Crippen LogP contribution in [0, 0.1) is 5.82 Å². The van der Waals surface area contributed by atoms with Gasteiger partial charge in [-0.2, -0.15) is 0 Å². The van der Waals surface area contributed by atoms with E-state index in [4.69, 9.17) is 0 Å². The standard InChI is InChI=1S/C9H9FO/c1-2-7-3-4-9(10)5-8(7)6-11/h3-6H,2H2,1H3. The fourth-order valence-electron chi connectivity index (χ4n) is 0.997. The van der Waals surface area contributed by atoms with Crippen LogP contribution in [-0.2, 0) is 6.42 Å². The average Bonchev–Trinajstić information content (AvgIpc) is 2.04. The Morgan fingerprint density at radius 2 is 2.27 bits per heavy atom. The van der Waals surface area contributed by atoms with Crippen LogP contribution in [0.3, 0.4) is 0 Å². The Morgan fingerprint density at radius 1 is 1.55 bits per heavy atom. The molecule has 58 valence electrons. The molecule has 0 amide bonds. The summed E-state index contributed by atoms with van der Waals surface area (Å²) in [6.07, 6.45) is 1.44. The Labute approximate surface area is 64.9 Å². The van der Waals surface area contributed by atoms with Crippen LogP contribution in [-0.4, -0.2) is 6.29 Å². The van der Waals surface area contributed by atoms with Gasteiger partial charge in [-0.15, -0.1) is 0 Å². The summed E-state index contributed by atoms with van der Waals surface area (Å²) in [6, 6.07) is 4.26. The minimum atomic E-state index is -0.357. The zero-order valence-corrected chi connectivity index (χ0v) is 6.30. The lowest BCUT2D eigenvalue weighted by Gasteiger charge is -1.99. The number of carbonyl (C=O) groups is 1. The number of halogens is 1. The Bertz CT molecular complexity index is 268. The van der Waals surface area contributed by atoms with Crippen LogP contribution in [0.2, 0.25) is 0 Å². The van der Waals surface area contributed by atoms with Crippen molar-refractivity contribution in [2.75, 3.05) is 0 Å². The number of hydrogen-bond donors (Lipinski definition) is 0. The Hall–Kier alpha value is -1.18. The van der Waals surface area contributed by atoms with E-state index in [1.54, 1.807) is 6.07 Å². The molecule has 0 N–H and O–H groups in total. The minimum absolute atomic E-state index is 0.357. The van der Waals surface area contributed by atoms with Gasteiger partial charge in [0.15, 0.2) is 0 Å². The van der Waals surface area contributed by atoms with E-state index >= 15 is 0 Å². The summed E-state index contributed by atoms with van der Waals surface area (Å²) in [5, 5.41) is 0. The molecule has 0 radical (unpaired) electrons. The molecule has 0 bridgehead atoms. The van der Waals surface area contributed by atoms with E-state index in [-0.39, 0.29) is 5.82 Å². The van der Waals surface area contributed by atoms with Crippen molar-refractivity contribution in [1.29, 1.82) is 0 Å². The first kappa shape index (κ1) is 7.92. The van der Waals surface area contributed by atoms with E-state index in [0.29, 0.717) is 11.8 Å². The molecule has 0 heterocycles. The quantitative estimate of drug-likeness (QED) is 0.594. The highest BCUT2D eigenvalue weighted by atomic mass is 19.1. The fourth-order valence-corrected chi connectivity index (χ4v) is 0.997. The second-order valence-electron chi connectivity index (χ2n) is 2.31. The van der Waals surface area contributed by atoms with Gasteiger partial charge in [-0.3, -0.25) is 4.79 Å². The summed E-state index contributed by atoms with van der Waals surface area (Å²) in [5.74, 6) is -0.357. The lowest BCUT2D eigenvalue weighted by molar-refractivity contribution is 0.112. The summed E-state index contributed by atoms with van der Waals surface area (Å²) >= 11 is 0. The lowest BCUT2D eigenvalue weighted by Crippen LogP contribution is -1.91. The maximum absolute atomic E-state index is 12.5. The first-order chi connectivity index (χ1) is 5.27. The van der Waals surface area contributed by atoms with Gasteiger partial charge >= 0.3 is 0 Å². The van der Waals surface area contributed by atoms with Gasteiger partial charge in [0.2, 0.25) is 0 Å². The molecule has 0 atom stereocenters. The molecule has 0 aliphatic carbocycles. The van der Waals surface area contributed by atoms with Crippen LogP contribution in [0.25, 0.3) is 0 Å². The average molecular weight is 152 g/mol. The van der Waals surface area contributed by atoms with Gasteiger partial charge in [-0.1, -0.05) is 13.0 Å². The summed E-state index contributed by atoms with van der Waals surface area (Å²) < 4.78 is 12.5. The van der Waals surface area contributed by atoms with E-state index in [1.165, 1.54) is 12.1 Å². The van der Waals surface area contributed by atoms with Crippen molar-refractivity contribution in [2.45, 2.75) is 13.3 Å². The van der Waals surface area contributed by atoms with Gasteiger partial charge in [-0.25, -0.2) is 4.39 Å². The number of benzene rings is 1. The predicted molar refractivity (Wildman–Crippen MR) is 41.2 cm³/mol. The number of aldehydes is 1. The summed E-state index contributed by atoms with van der Waals surface area (Å²) in [5.41, 5.74) is 1.34. The Morgan fingerprint density at radius 3 is 2.82 bits per heavy atom. The van der Waals surface area contributed by atoms with Gasteiger partial charge in [-0.05, 0) is 24.1 Å². The maximum atomic E-state index is 12.5. The number of rotatable bonds is 2. The van der Waals surface area contributed by atoms with Crippen molar-refractivity contribution in [3.8, 4) is 0 Å². The van der Waals surface area contributed by atoms with Crippen molar-refractivity contribution in [1.82, 2.24) is 0 Å². The topological polar surface area (TPSA) is 17.1 Å². The summed E-state index contributed by atoms with van der Waals surface area (Å²) in [4.78, 5) is 10.4. The van der Waals surface area contributed by atoms with Crippen molar-refractivity contribution < 1.29 is 9.18 Å². The van der Waals surface area contributed by atoms with Gasteiger partial charge < -0.3 is 0 Å². The Kier molecular flexibility index (Phi) is 2.36. The van der Waals surface area contributed by atoms with Gasteiger partial charge in [0.05, 0.1) is 0 Å². The molecule has 0 aliphatic rings. The highest BCUT2D eigenvalue weighted by Gasteiger charge is 1.99. The minimum Gasteiger partial charge on any atom is -0.298 e. The SMILES string of the molecule is CCc1ccc(F)cc1C=O. The molecular weight excluding hydrogens is 143 g/mol. The molecule has 0 spiro atoms. The lowest BCUT2D eigenvalue weighted by atomic mass is 10.1. The zero-order chi connectivity index (χ0) is 8.27. The van der Waals surface area contributed by atoms with Gasteiger partial charge in [0, 0.05) is 5.56 Å². The van der Waals surface area contributed by atoms with Crippen molar-refractivity contribution in [2.24, 2.45) is 0 Å². The van der Waals surface area contributed by atoms with Crippen LogP contribution >= 0.6 is 0 Å². The molecule has 1 rings (SSSR count). The second kappa shape index (κ2) is 3.28. The molecule has 0 unspecified atom stereocenters. The van der Waals surface area contributed by atoms with Crippen LogP contribution in [0.5, 0.6) is 0 Å². The maximum Gasteiger partial charge on any atom is 0.150 e. The smallest absolute Gasteiger partial charge is 0.150 e. The summed E-state index contributed by atoms with van der Waals surface area (Å²) in [6.45, 7) is 1.93. The van der Waals surface area contributed by atoms with Crippen molar-refractivity contribution >= 4 is 6.29 Å². The number of aryl methyl sites for hydroxylation is 1. The highest BCUT2D eigenvalue weighted by molar-refractivity contribution is 5.77. The zero-order valence-electron chi connectivity index (χ0n) is 6.30. The third-order valence-corrected chi connectivity index (χ3v) is 1.62. The van der Waals surface area contributed by atoms with E-state index < -0.39 is 0 Å². The van der Waals surface area contributed by atoms with Crippen LogP contribution < -0.4 is 0 Å². The van der Waals surface area contributed by atoms with E-state index in [9.17, 15) is 9.18 Å². The van der Waals surface area contributed by atoms with E-state index in [1.807, 2.05) is 6.92 Å². The third-order valence-electron chi connectivity index (χ3n) is 1.62. The number of carbonyl (C=O) groups excluding carboxylic acids is 1. The first-order valence-corrected chi connectivity index (χ1v) is 3.51. The molecule has 2 heteroatoms. The molecule has 11 heavy (non-hydrogen) atoms. The molecular formula is C9H9FO. The van der Waals surface area contributed by atoms with Crippen molar-refractivity contribution in [3.63, 3.8) is 0 Å². The van der Waals surface area contributed by atoms with Crippen LogP contribution in [0.15, 0.2) is 18.2 Å².